The molecule has 0 saturated carbocycles. The fourth-order valence-electron chi connectivity index (χ4n) is 2.70. The first-order valence-corrected chi connectivity index (χ1v) is 8.01. The van der Waals surface area contributed by atoms with Crippen LogP contribution in [0.1, 0.15) is 18.4 Å². The topological polar surface area (TPSA) is 30.5 Å². The summed E-state index contributed by atoms with van der Waals surface area (Å²) in [5, 5.41) is 3.53. The van der Waals surface area contributed by atoms with E-state index in [9.17, 15) is 0 Å². The molecule has 20 heavy (non-hydrogen) atoms. The van der Waals surface area contributed by atoms with Gasteiger partial charge in [-0.15, -0.1) is 0 Å². The molecule has 0 bridgehead atoms. The number of benzene rings is 1. The van der Waals surface area contributed by atoms with Crippen LogP contribution < -0.4 is 10.1 Å². The molecule has 0 amide bonds. The SMILES string of the molecule is Brc1ccc2c(c1)C=C(CNCC1CCCOC1)CO2. The Morgan fingerprint density at radius 2 is 2.30 bits per heavy atom. The maximum Gasteiger partial charge on any atom is 0.127 e. The summed E-state index contributed by atoms with van der Waals surface area (Å²) in [6, 6.07) is 6.13. The molecule has 2 aliphatic heterocycles. The average Bonchev–Trinajstić information content (AvgIpc) is 2.48. The fraction of sp³-hybridized carbons (Fsp3) is 0.500. The molecule has 1 aromatic carbocycles. The number of ether oxygens (including phenoxy) is 2. The monoisotopic (exact) mass is 337 g/mol. The Kier molecular flexibility index (Phi) is 4.76. The third-order valence-electron chi connectivity index (χ3n) is 3.78. The molecule has 3 nitrogen and oxygen atoms in total. The summed E-state index contributed by atoms with van der Waals surface area (Å²) >= 11 is 3.50. The summed E-state index contributed by atoms with van der Waals surface area (Å²) in [6.45, 7) is 4.44. The van der Waals surface area contributed by atoms with Gasteiger partial charge in [-0.2, -0.15) is 0 Å². The molecule has 1 atom stereocenters. The zero-order chi connectivity index (χ0) is 13.8. The van der Waals surface area contributed by atoms with E-state index in [1.807, 2.05) is 12.1 Å². The van der Waals surface area contributed by atoms with Gasteiger partial charge in [-0.3, -0.25) is 0 Å². The maximum absolute atomic E-state index is 5.78. The highest BCUT2D eigenvalue weighted by molar-refractivity contribution is 9.10. The smallest absolute Gasteiger partial charge is 0.127 e. The Morgan fingerprint density at radius 3 is 3.15 bits per heavy atom. The van der Waals surface area contributed by atoms with Crippen molar-refractivity contribution in [3.8, 4) is 5.75 Å². The molecule has 0 spiro atoms. The predicted octanol–water partition coefficient (Wildman–Crippen LogP) is 3.24. The van der Waals surface area contributed by atoms with Crippen LogP contribution in [0, 0.1) is 5.92 Å². The fourth-order valence-corrected chi connectivity index (χ4v) is 3.08. The minimum absolute atomic E-state index is 0.662. The van der Waals surface area contributed by atoms with E-state index in [0.717, 1.165) is 42.1 Å². The summed E-state index contributed by atoms with van der Waals surface area (Å²) in [5.74, 6) is 1.63. The highest BCUT2D eigenvalue weighted by Crippen LogP contribution is 2.28. The Labute approximate surface area is 128 Å². The van der Waals surface area contributed by atoms with Crippen molar-refractivity contribution in [2.75, 3.05) is 32.9 Å². The van der Waals surface area contributed by atoms with E-state index in [2.05, 4.69) is 33.4 Å². The third kappa shape index (κ3) is 3.62. The molecule has 2 heterocycles. The standard InChI is InChI=1S/C16H20BrNO2/c17-15-3-4-16-14(7-15)6-13(11-20-16)9-18-8-12-2-1-5-19-10-12/h3-4,6-7,12,18H,1-2,5,8-11H2. The summed E-state index contributed by atoms with van der Waals surface area (Å²) in [7, 11) is 0. The minimum Gasteiger partial charge on any atom is -0.489 e. The quantitative estimate of drug-likeness (QED) is 0.914. The Bertz CT molecular complexity index is 495. The van der Waals surface area contributed by atoms with Crippen molar-refractivity contribution >= 4 is 22.0 Å². The predicted molar refractivity (Wildman–Crippen MR) is 84.0 cm³/mol. The van der Waals surface area contributed by atoms with Crippen LogP contribution in [-0.4, -0.2) is 32.9 Å². The van der Waals surface area contributed by atoms with E-state index >= 15 is 0 Å². The van der Waals surface area contributed by atoms with Gasteiger partial charge >= 0.3 is 0 Å². The average molecular weight is 338 g/mol. The van der Waals surface area contributed by atoms with Gasteiger partial charge in [0, 0.05) is 29.7 Å². The van der Waals surface area contributed by atoms with Crippen LogP contribution in [-0.2, 0) is 4.74 Å². The van der Waals surface area contributed by atoms with Crippen LogP contribution in [0.4, 0.5) is 0 Å². The summed E-state index contributed by atoms with van der Waals surface area (Å²) in [5.41, 5.74) is 2.45. The molecule has 1 fully saturated rings. The first kappa shape index (κ1) is 14.1. The second-order valence-corrected chi connectivity index (χ2v) is 6.40. The van der Waals surface area contributed by atoms with Crippen LogP contribution in [0.25, 0.3) is 6.08 Å². The van der Waals surface area contributed by atoms with Gasteiger partial charge in [0.25, 0.3) is 0 Å². The number of rotatable bonds is 4. The van der Waals surface area contributed by atoms with E-state index in [1.165, 1.54) is 18.4 Å². The number of halogens is 1. The van der Waals surface area contributed by atoms with Crippen molar-refractivity contribution in [2.24, 2.45) is 5.92 Å². The molecule has 1 saturated heterocycles. The molecule has 0 aliphatic carbocycles. The van der Waals surface area contributed by atoms with Gasteiger partial charge in [0.05, 0.1) is 6.61 Å². The van der Waals surface area contributed by atoms with Crippen molar-refractivity contribution < 1.29 is 9.47 Å². The molecule has 0 radical (unpaired) electrons. The van der Waals surface area contributed by atoms with Gasteiger partial charge in [-0.25, -0.2) is 0 Å². The summed E-state index contributed by atoms with van der Waals surface area (Å²) in [4.78, 5) is 0. The molecule has 1 N–H and O–H groups in total. The van der Waals surface area contributed by atoms with E-state index in [1.54, 1.807) is 0 Å². The van der Waals surface area contributed by atoms with Crippen molar-refractivity contribution in [1.29, 1.82) is 0 Å². The maximum atomic E-state index is 5.78. The second kappa shape index (κ2) is 6.74. The van der Waals surface area contributed by atoms with Crippen LogP contribution in [0.5, 0.6) is 5.75 Å². The molecule has 0 aromatic heterocycles. The molecule has 3 rings (SSSR count). The van der Waals surface area contributed by atoms with Crippen molar-refractivity contribution in [1.82, 2.24) is 5.32 Å². The van der Waals surface area contributed by atoms with Crippen LogP contribution in [0.3, 0.4) is 0 Å². The van der Waals surface area contributed by atoms with Gasteiger partial charge in [0.1, 0.15) is 12.4 Å². The molecular formula is C16H20BrNO2. The van der Waals surface area contributed by atoms with E-state index < -0.39 is 0 Å². The number of hydrogen-bond acceptors (Lipinski definition) is 3. The van der Waals surface area contributed by atoms with Crippen LogP contribution in [0.2, 0.25) is 0 Å². The van der Waals surface area contributed by atoms with Gasteiger partial charge in [-0.1, -0.05) is 15.9 Å². The number of hydrogen-bond donors (Lipinski definition) is 1. The zero-order valence-electron chi connectivity index (χ0n) is 11.5. The van der Waals surface area contributed by atoms with Crippen LogP contribution >= 0.6 is 15.9 Å². The minimum atomic E-state index is 0.662. The highest BCUT2D eigenvalue weighted by Gasteiger charge is 2.15. The number of nitrogens with one attached hydrogen (secondary N) is 1. The largest absolute Gasteiger partial charge is 0.489 e. The lowest BCUT2D eigenvalue weighted by atomic mass is 10.0. The highest BCUT2D eigenvalue weighted by atomic mass is 79.9. The molecule has 2 aliphatic rings. The normalized spacial score (nSPS) is 21.9. The number of fused-ring (bicyclic) bond motifs is 1. The first-order chi connectivity index (χ1) is 9.81. The van der Waals surface area contributed by atoms with Gasteiger partial charge < -0.3 is 14.8 Å². The Morgan fingerprint density at radius 1 is 1.35 bits per heavy atom. The van der Waals surface area contributed by atoms with Crippen molar-refractivity contribution in [3.05, 3.63) is 33.8 Å². The van der Waals surface area contributed by atoms with Gasteiger partial charge in [0.2, 0.25) is 0 Å². The second-order valence-electron chi connectivity index (χ2n) is 5.49. The lowest BCUT2D eigenvalue weighted by Gasteiger charge is -2.23. The van der Waals surface area contributed by atoms with E-state index in [4.69, 9.17) is 9.47 Å². The third-order valence-corrected chi connectivity index (χ3v) is 4.28. The Balaban J connectivity index is 1.53. The van der Waals surface area contributed by atoms with E-state index in [-0.39, 0.29) is 0 Å². The molecule has 1 aromatic rings. The Hall–Kier alpha value is -0.840. The molecule has 1 unspecified atom stereocenters. The lowest BCUT2D eigenvalue weighted by molar-refractivity contribution is 0.0551. The van der Waals surface area contributed by atoms with E-state index in [0.29, 0.717) is 12.5 Å². The van der Waals surface area contributed by atoms with Crippen molar-refractivity contribution in [2.45, 2.75) is 12.8 Å². The van der Waals surface area contributed by atoms with Crippen LogP contribution in [0.15, 0.2) is 28.2 Å². The van der Waals surface area contributed by atoms with Crippen molar-refractivity contribution in [3.63, 3.8) is 0 Å². The summed E-state index contributed by atoms with van der Waals surface area (Å²) in [6.07, 6.45) is 4.70. The first-order valence-electron chi connectivity index (χ1n) is 7.21. The van der Waals surface area contributed by atoms with Gasteiger partial charge in [-0.05, 0) is 48.6 Å². The van der Waals surface area contributed by atoms with Gasteiger partial charge in [0.15, 0.2) is 0 Å². The molecular weight excluding hydrogens is 318 g/mol. The lowest BCUT2D eigenvalue weighted by Crippen LogP contribution is -2.31. The molecule has 4 heteroatoms. The zero-order valence-corrected chi connectivity index (χ0v) is 13.1. The summed E-state index contributed by atoms with van der Waals surface area (Å²) < 4.78 is 12.4. The molecule has 108 valence electrons.